The Morgan fingerprint density at radius 2 is 0.902 bits per heavy atom. The first kappa shape index (κ1) is 29.1. The topological polar surface area (TPSA) is 23.4 Å². The van der Waals surface area contributed by atoms with Crippen molar-refractivity contribution in [3.63, 3.8) is 0 Å². The first-order valence-electron chi connectivity index (χ1n) is 17.3. The van der Waals surface area contributed by atoms with Gasteiger partial charge in [-0.3, -0.25) is 0 Å². The lowest BCUT2D eigenvalue weighted by Gasteiger charge is -2.23. The zero-order chi connectivity index (χ0) is 33.7. The SMILES string of the molecule is c1ccc(-c2cccc3c2Oc2cc(-c4cccc5c4c4ccccc4n5-c4ccccc4)ccc2-c2ccccc2Oc2ccccc2-3)cc1. The van der Waals surface area contributed by atoms with Crippen molar-refractivity contribution in [1.82, 2.24) is 4.57 Å². The summed E-state index contributed by atoms with van der Waals surface area (Å²) >= 11 is 0. The van der Waals surface area contributed by atoms with E-state index in [2.05, 4.69) is 162 Å². The number of hydrogen-bond acceptors (Lipinski definition) is 2. The Labute approximate surface area is 296 Å². The fourth-order valence-corrected chi connectivity index (χ4v) is 7.60. The number of aromatic nitrogens is 1. The lowest BCUT2D eigenvalue weighted by Crippen LogP contribution is -1.99. The summed E-state index contributed by atoms with van der Waals surface area (Å²) in [6.07, 6.45) is 0. The smallest absolute Gasteiger partial charge is 0.143 e. The molecule has 2 heterocycles. The molecule has 0 unspecified atom stereocenters. The van der Waals surface area contributed by atoms with Crippen LogP contribution in [-0.2, 0) is 0 Å². The van der Waals surface area contributed by atoms with E-state index in [1.807, 2.05) is 30.3 Å². The molecule has 0 saturated carbocycles. The number of ether oxygens (including phenoxy) is 2. The third kappa shape index (κ3) is 4.82. The molecule has 3 nitrogen and oxygen atoms in total. The molecule has 0 saturated heterocycles. The third-order valence-corrected chi connectivity index (χ3v) is 9.89. The van der Waals surface area contributed by atoms with Crippen LogP contribution in [0.5, 0.6) is 23.0 Å². The number of hydrogen-bond donors (Lipinski definition) is 0. The van der Waals surface area contributed by atoms with Crippen LogP contribution in [0.3, 0.4) is 0 Å². The van der Waals surface area contributed by atoms with Crippen LogP contribution >= 0.6 is 0 Å². The van der Waals surface area contributed by atoms with Gasteiger partial charge in [0.2, 0.25) is 0 Å². The zero-order valence-corrected chi connectivity index (χ0v) is 27.7. The van der Waals surface area contributed by atoms with Crippen LogP contribution < -0.4 is 9.47 Å². The van der Waals surface area contributed by atoms with Crippen molar-refractivity contribution in [2.24, 2.45) is 0 Å². The Morgan fingerprint density at radius 3 is 1.71 bits per heavy atom. The second-order valence-corrected chi connectivity index (χ2v) is 12.8. The number of para-hydroxylation sites is 5. The molecule has 0 fully saturated rings. The third-order valence-electron chi connectivity index (χ3n) is 9.89. The minimum Gasteiger partial charge on any atom is -0.456 e. The summed E-state index contributed by atoms with van der Waals surface area (Å²) in [5.41, 5.74) is 11.7. The van der Waals surface area contributed by atoms with Gasteiger partial charge in [-0.25, -0.2) is 0 Å². The average molecular weight is 654 g/mol. The van der Waals surface area contributed by atoms with Gasteiger partial charge in [0.25, 0.3) is 0 Å². The largest absolute Gasteiger partial charge is 0.456 e. The number of nitrogens with zero attached hydrogens (tertiary/aromatic N) is 1. The normalized spacial score (nSPS) is 11.8. The van der Waals surface area contributed by atoms with Crippen LogP contribution in [0, 0.1) is 0 Å². The number of benzene rings is 8. The van der Waals surface area contributed by atoms with Gasteiger partial charge < -0.3 is 14.0 Å². The van der Waals surface area contributed by atoms with E-state index in [4.69, 9.17) is 9.47 Å². The average Bonchev–Trinajstić information content (AvgIpc) is 3.54. The summed E-state index contributed by atoms with van der Waals surface area (Å²) in [6, 6.07) is 65.7. The number of rotatable bonds is 3. The molecule has 51 heavy (non-hydrogen) atoms. The maximum atomic E-state index is 7.29. The van der Waals surface area contributed by atoms with Crippen LogP contribution in [0.25, 0.3) is 72.0 Å². The first-order chi connectivity index (χ1) is 25.3. The van der Waals surface area contributed by atoms with Gasteiger partial charge in [0.1, 0.15) is 23.0 Å². The molecule has 240 valence electrons. The van der Waals surface area contributed by atoms with Gasteiger partial charge in [0.05, 0.1) is 11.0 Å². The fraction of sp³-hybridized carbons (Fsp3) is 0. The van der Waals surface area contributed by atoms with Gasteiger partial charge in [0, 0.05) is 44.3 Å². The second kappa shape index (κ2) is 11.9. The zero-order valence-electron chi connectivity index (χ0n) is 27.7. The summed E-state index contributed by atoms with van der Waals surface area (Å²) in [5, 5.41) is 2.42. The second-order valence-electron chi connectivity index (χ2n) is 12.8. The summed E-state index contributed by atoms with van der Waals surface area (Å²) in [7, 11) is 0. The minimum absolute atomic E-state index is 0.761. The van der Waals surface area contributed by atoms with Crippen molar-refractivity contribution in [2.45, 2.75) is 0 Å². The molecule has 9 aromatic rings. The van der Waals surface area contributed by atoms with E-state index in [-0.39, 0.29) is 0 Å². The van der Waals surface area contributed by atoms with Crippen molar-refractivity contribution in [2.75, 3.05) is 0 Å². The molecule has 8 aromatic carbocycles. The quantitative estimate of drug-likeness (QED) is 0.189. The Balaban J connectivity index is 1.25. The van der Waals surface area contributed by atoms with E-state index in [9.17, 15) is 0 Å². The lowest BCUT2D eigenvalue weighted by molar-refractivity contribution is 0.473. The predicted molar refractivity (Wildman–Crippen MR) is 209 cm³/mol. The van der Waals surface area contributed by atoms with E-state index >= 15 is 0 Å². The maximum Gasteiger partial charge on any atom is 0.143 e. The highest BCUT2D eigenvalue weighted by Crippen LogP contribution is 2.50. The van der Waals surface area contributed by atoms with Gasteiger partial charge in [-0.1, -0.05) is 140 Å². The molecule has 0 atom stereocenters. The highest BCUT2D eigenvalue weighted by Gasteiger charge is 2.24. The Kier molecular flexibility index (Phi) is 6.81. The minimum atomic E-state index is 0.761. The van der Waals surface area contributed by atoms with E-state index in [0.717, 1.165) is 78.7 Å². The van der Waals surface area contributed by atoms with Crippen molar-refractivity contribution in [3.05, 3.63) is 188 Å². The van der Waals surface area contributed by atoms with Crippen LogP contribution in [0.15, 0.2) is 188 Å². The van der Waals surface area contributed by atoms with Gasteiger partial charge in [0.15, 0.2) is 0 Å². The molecular weight excluding hydrogens is 623 g/mol. The summed E-state index contributed by atoms with van der Waals surface area (Å²) in [6.45, 7) is 0. The summed E-state index contributed by atoms with van der Waals surface area (Å²) in [5.74, 6) is 3.10. The van der Waals surface area contributed by atoms with E-state index < -0.39 is 0 Å². The van der Waals surface area contributed by atoms with Gasteiger partial charge in [-0.05, 0) is 65.2 Å². The Bertz CT molecular complexity index is 2740. The van der Waals surface area contributed by atoms with E-state index in [1.165, 1.54) is 16.3 Å². The lowest BCUT2D eigenvalue weighted by atomic mass is 9.94. The molecule has 0 amide bonds. The van der Waals surface area contributed by atoms with Gasteiger partial charge >= 0.3 is 0 Å². The van der Waals surface area contributed by atoms with Gasteiger partial charge in [-0.15, -0.1) is 0 Å². The Hall–Kier alpha value is -6.84. The van der Waals surface area contributed by atoms with E-state index in [0.29, 0.717) is 0 Å². The summed E-state index contributed by atoms with van der Waals surface area (Å²) in [4.78, 5) is 0. The van der Waals surface area contributed by atoms with Crippen LogP contribution in [0.2, 0.25) is 0 Å². The molecule has 0 aliphatic carbocycles. The first-order valence-corrected chi connectivity index (χ1v) is 17.3. The molecule has 3 heteroatoms. The summed E-state index contributed by atoms with van der Waals surface area (Å²) < 4.78 is 16.4. The molecule has 0 spiro atoms. The Morgan fingerprint density at radius 1 is 0.333 bits per heavy atom. The van der Waals surface area contributed by atoms with Crippen molar-refractivity contribution in [1.29, 1.82) is 0 Å². The molecule has 0 N–H and O–H groups in total. The highest BCUT2D eigenvalue weighted by molar-refractivity contribution is 6.16. The number of fused-ring (bicyclic) bond motifs is 9. The monoisotopic (exact) mass is 653 g/mol. The van der Waals surface area contributed by atoms with E-state index in [1.54, 1.807) is 0 Å². The molecule has 1 aromatic heterocycles. The fourth-order valence-electron chi connectivity index (χ4n) is 7.60. The van der Waals surface area contributed by atoms with Crippen molar-refractivity contribution < 1.29 is 9.47 Å². The maximum absolute atomic E-state index is 7.29. The van der Waals surface area contributed by atoms with Gasteiger partial charge in [-0.2, -0.15) is 0 Å². The standard InChI is InChI=1S/C48H31NO2/c1-3-15-32(16-4-1)36-23-13-24-40-38-20-9-12-28-45(38)50-44-27-11-8-19-37(44)39-30-29-33(31-46(39)51-48(36)40)35-22-14-26-43-47(35)41-21-7-10-25-42(41)49(43)34-17-5-2-6-18-34/h1-31H. The molecular formula is C48H31NO2. The van der Waals surface area contributed by atoms with Crippen molar-refractivity contribution in [3.8, 4) is 73.2 Å². The molecule has 1 aliphatic heterocycles. The van der Waals surface area contributed by atoms with Crippen molar-refractivity contribution >= 4 is 21.8 Å². The van der Waals surface area contributed by atoms with Crippen LogP contribution in [0.4, 0.5) is 0 Å². The molecule has 0 bridgehead atoms. The highest BCUT2D eigenvalue weighted by atomic mass is 16.5. The van der Waals surface area contributed by atoms with Crippen LogP contribution in [0.1, 0.15) is 0 Å². The predicted octanol–water partition coefficient (Wildman–Crippen LogP) is 13.3. The van der Waals surface area contributed by atoms with Crippen LogP contribution in [-0.4, -0.2) is 4.57 Å². The molecule has 10 rings (SSSR count). The molecule has 0 radical (unpaired) electrons. The molecule has 1 aliphatic rings.